The number of amides is 1. The summed E-state index contributed by atoms with van der Waals surface area (Å²) in [5.41, 5.74) is 7.29. The van der Waals surface area contributed by atoms with E-state index < -0.39 is 0 Å². The number of pyridine rings is 1. The fourth-order valence-electron chi connectivity index (χ4n) is 1.87. The van der Waals surface area contributed by atoms with E-state index in [0.29, 0.717) is 5.69 Å². The Morgan fingerprint density at radius 3 is 2.85 bits per heavy atom. The van der Waals surface area contributed by atoms with Crippen LogP contribution in [0.4, 0.5) is 5.69 Å². The third-order valence-corrected chi connectivity index (χ3v) is 3.00. The molecule has 0 bridgehead atoms. The van der Waals surface area contributed by atoms with E-state index in [4.69, 9.17) is 10.5 Å². The lowest BCUT2D eigenvalue weighted by Crippen LogP contribution is -2.28. The zero-order valence-electron chi connectivity index (χ0n) is 11.5. The first-order valence-electron chi connectivity index (χ1n) is 6.27. The second-order valence-corrected chi connectivity index (χ2v) is 4.41. The summed E-state index contributed by atoms with van der Waals surface area (Å²) in [5.74, 6) is 0.458. The van der Waals surface area contributed by atoms with Crippen molar-refractivity contribution in [3.8, 4) is 5.75 Å². The van der Waals surface area contributed by atoms with E-state index in [1.807, 2.05) is 31.2 Å². The van der Waals surface area contributed by atoms with E-state index in [-0.39, 0.29) is 17.6 Å². The van der Waals surface area contributed by atoms with Crippen molar-refractivity contribution in [1.82, 2.24) is 10.3 Å². The van der Waals surface area contributed by atoms with Crippen molar-refractivity contribution in [1.29, 1.82) is 0 Å². The number of rotatable bonds is 4. The highest BCUT2D eigenvalue weighted by atomic mass is 16.5. The smallest absolute Gasteiger partial charge is 0.272 e. The van der Waals surface area contributed by atoms with Gasteiger partial charge in [0.15, 0.2) is 5.69 Å². The summed E-state index contributed by atoms with van der Waals surface area (Å²) in [5, 5.41) is 2.87. The molecule has 0 saturated carbocycles. The van der Waals surface area contributed by atoms with E-state index >= 15 is 0 Å². The van der Waals surface area contributed by atoms with Crippen molar-refractivity contribution in [2.75, 3.05) is 12.8 Å². The SMILES string of the molecule is COc1cccc([C@H](C)NC(=O)c2ncccc2N)c1. The fourth-order valence-corrected chi connectivity index (χ4v) is 1.87. The third kappa shape index (κ3) is 3.06. The molecule has 0 spiro atoms. The lowest BCUT2D eigenvalue weighted by Gasteiger charge is -2.15. The van der Waals surface area contributed by atoms with Crippen LogP contribution >= 0.6 is 0 Å². The maximum Gasteiger partial charge on any atom is 0.272 e. The van der Waals surface area contributed by atoms with Crippen molar-refractivity contribution < 1.29 is 9.53 Å². The monoisotopic (exact) mass is 271 g/mol. The molecule has 1 amide bonds. The van der Waals surface area contributed by atoms with Crippen molar-refractivity contribution in [3.05, 3.63) is 53.9 Å². The van der Waals surface area contributed by atoms with Gasteiger partial charge in [-0.05, 0) is 36.8 Å². The molecule has 2 aromatic rings. The van der Waals surface area contributed by atoms with Crippen LogP contribution < -0.4 is 15.8 Å². The topological polar surface area (TPSA) is 77.2 Å². The van der Waals surface area contributed by atoms with Crippen molar-refractivity contribution in [3.63, 3.8) is 0 Å². The maximum absolute atomic E-state index is 12.1. The van der Waals surface area contributed by atoms with Gasteiger partial charge in [0.25, 0.3) is 5.91 Å². The summed E-state index contributed by atoms with van der Waals surface area (Å²) in [6, 6.07) is 10.7. The Morgan fingerprint density at radius 1 is 1.35 bits per heavy atom. The first-order valence-corrected chi connectivity index (χ1v) is 6.27. The Morgan fingerprint density at radius 2 is 2.15 bits per heavy atom. The summed E-state index contributed by atoms with van der Waals surface area (Å²) < 4.78 is 5.17. The van der Waals surface area contributed by atoms with Crippen molar-refractivity contribution in [2.24, 2.45) is 0 Å². The number of nitrogens with zero attached hydrogens (tertiary/aromatic N) is 1. The first kappa shape index (κ1) is 13.9. The summed E-state index contributed by atoms with van der Waals surface area (Å²) in [6.45, 7) is 1.89. The van der Waals surface area contributed by atoms with Crippen LogP contribution in [0.1, 0.15) is 29.0 Å². The highest BCUT2D eigenvalue weighted by molar-refractivity contribution is 5.97. The van der Waals surface area contributed by atoms with Gasteiger partial charge in [-0.2, -0.15) is 0 Å². The van der Waals surface area contributed by atoms with Crippen LogP contribution in [0.5, 0.6) is 5.75 Å². The molecule has 0 aliphatic heterocycles. The van der Waals surface area contributed by atoms with Gasteiger partial charge in [0.2, 0.25) is 0 Å². The molecule has 1 atom stereocenters. The van der Waals surface area contributed by atoms with Gasteiger partial charge in [0.1, 0.15) is 5.75 Å². The third-order valence-electron chi connectivity index (χ3n) is 3.00. The van der Waals surface area contributed by atoms with Crippen LogP contribution in [0.3, 0.4) is 0 Å². The molecule has 20 heavy (non-hydrogen) atoms. The number of methoxy groups -OCH3 is 1. The zero-order valence-corrected chi connectivity index (χ0v) is 11.5. The molecule has 0 unspecified atom stereocenters. The van der Waals surface area contributed by atoms with Gasteiger partial charge in [0, 0.05) is 6.20 Å². The van der Waals surface area contributed by atoms with Crippen LogP contribution in [0.15, 0.2) is 42.6 Å². The molecule has 1 aromatic carbocycles. The number of ether oxygens (including phenoxy) is 1. The molecule has 5 nitrogen and oxygen atoms in total. The summed E-state index contributed by atoms with van der Waals surface area (Å²) in [7, 11) is 1.61. The molecule has 0 aliphatic rings. The van der Waals surface area contributed by atoms with E-state index in [1.165, 1.54) is 0 Å². The molecule has 0 aliphatic carbocycles. The lowest BCUT2D eigenvalue weighted by molar-refractivity contribution is 0.0936. The molecule has 0 radical (unpaired) electrons. The first-order chi connectivity index (χ1) is 9.61. The van der Waals surface area contributed by atoms with Gasteiger partial charge in [-0.25, -0.2) is 4.98 Å². The van der Waals surface area contributed by atoms with Crippen LogP contribution in [0, 0.1) is 0 Å². The molecule has 104 valence electrons. The van der Waals surface area contributed by atoms with Gasteiger partial charge < -0.3 is 15.8 Å². The summed E-state index contributed by atoms with van der Waals surface area (Å²) >= 11 is 0. The second kappa shape index (κ2) is 6.06. The largest absolute Gasteiger partial charge is 0.497 e. The average Bonchev–Trinajstić information content (AvgIpc) is 2.47. The fraction of sp³-hybridized carbons (Fsp3) is 0.200. The molecule has 5 heteroatoms. The number of carbonyl (C=O) groups is 1. The summed E-state index contributed by atoms with van der Waals surface area (Å²) in [6.07, 6.45) is 1.54. The van der Waals surface area contributed by atoms with Gasteiger partial charge >= 0.3 is 0 Å². The Balaban J connectivity index is 2.13. The Hall–Kier alpha value is -2.56. The van der Waals surface area contributed by atoms with Gasteiger partial charge in [-0.15, -0.1) is 0 Å². The highest BCUT2D eigenvalue weighted by Crippen LogP contribution is 2.19. The predicted octanol–water partition coefficient (Wildman–Crippen LogP) is 2.16. The number of nitrogens with one attached hydrogen (secondary N) is 1. The van der Waals surface area contributed by atoms with Crippen molar-refractivity contribution >= 4 is 11.6 Å². The van der Waals surface area contributed by atoms with Gasteiger partial charge in [-0.3, -0.25) is 4.79 Å². The number of carbonyl (C=O) groups excluding carboxylic acids is 1. The predicted molar refractivity (Wildman–Crippen MR) is 77.5 cm³/mol. The van der Waals surface area contributed by atoms with Gasteiger partial charge in [-0.1, -0.05) is 12.1 Å². The lowest BCUT2D eigenvalue weighted by atomic mass is 10.1. The molecule has 2 rings (SSSR count). The number of anilines is 1. The molecule has 3 N–H and O–H groups in total. The van der Waals surface area contributed by atoms with E-state index in [9.17, 15) is 4.79 Å². The quantitative estimate of drug-likeness (QED) is 0.893. The van der Waals surface area contributed by atoms with Crippen LogP contribution in [0.25, 0.3) is 0 Å². The maximum atomic E-state index is 12.1. The van der Waals surface area contributed by atoms with E-state index in [1.54, 1.807) is 25.4 Å². The Kier molecular flexibility index (Phi) is 4.20. The molecule has 0 fully saturated rings. The average molecular weight is 271 g/mol. The number of nitrogen functional groups attached to an aromatic ring is 1. The normalized spacial score (nSPS) is 11.7. The minimum atomic E-state index is -0.293. The van der Waals surface area contributed by atoms with Gasteiger partial charge in [0.05, 0.1) is 18.8 Å². The van der Waals surface area contributed by atoms with Crippen LogP contribution in [-0.2, 0) is 0 Å². The molecular weight excluding hydrogens is 254 g/mol. The van der Waals surface area contributed by atoms with E-state index in [0.717, 1.165) is 11.3 Å². The van der Waals surface area contributed by atoms with Crippen LogP contribution in [0.2, 0.25) is 0 Å². The Bertz CT molecular complexity index is 614. The molecular formula is C15H17N3O2. The molecule has 1 heterocycles. The standard InChI is InChI=1S/C15H17N3O2/c1-10(11-5-3-6-12(9-11)20-2)18-15(19)14-13(16)7-4-8-17-14/h3-10H,16H2,1-2H3,(H,18,19)/t10-/m0/s1. The number of benzene rings is 1. The minimum absolute atomic E-state index is 0.168. The second-order valence-electron chi connectivity index (χ2n) is 4.41. The number of aromatic nitrogens is 1. The number of nitrogens with two attached hydrogens (primary N) is 1. The highest BCUT2D eigenvalue weighted by Gasteiger charge is 2.15. The Labute approximate surface area is 117 Å². The number of hydrogen-bond acceptors (Lipinski definition) is 4. The summed E-state index contributed by atoms with van der Waals surface area (Å²) in [4.78, 5) is 16.1. The number of hydrogen-bond donors (Lipinski definition) is 2. The zero-order chi connectivity index (χ0) is 14.5. The minimum Gasteiger partial charge on any atom is -0.497 e. The molecule has 1 aromatic heterocycles. The molecule has 0 saturated heterocycles. The van der Waals surface area contributed by atoms with E-state index in [2.05, 4.69) is 10.3 Å². The van der Waals surface area contributed by atoms with Crippen LogP contribution in [-0.4, -0.2) is 18.0 Å². The van der Waals surface area contributed by atoms with Crippen molar-refractivity contribution in [2.45, 2.75) is 13.0 Å².